The van der Waals surface area contributed by atoms with E-state index in [1.165, 1.54) is 24.5 Å². The van der Waals surface area contributed by atoms with Crippen molar-refractivity contribution in [3.8, 4) is 0 Å². The highest BCUT2D eigenvalue weighted by molar-refractivity contribution is 6.30. The molecule has 0 aliphatic heterocycles. The van der Waals surface area contributed by atoms with Crippen LogP contribution in [0.3, 0.4) is 0 Å². The number of aryl methyl sites for hydroxylation is 1. The van der Waals surface area contributed by atoms with Gasteiger partial charge < -0.3 is 9.88 Å². The zero-order chi connectivity index (χ0) is 17.7. The molecule has 1 aromatic heterocycles. The highest BCUT2D eigenvalue weighted by Crippen LogP contribution is 2.40. The van der Waals surface area contributed by atoms with E-state index < -0.39 is 0 Å². The molecule has 25 heavy (non-hydrogen) atoms. The van der Waals surface area contributed by atoms with Crippen molar-refractivity contribution in [2.75, 3.05) is 6.54 Å². The SMILES string of the molecule is O=C(CCn1ccccc1=O)NCC1(c2ccc(Cl)cc2)CCCC1. The highest BCUT2D eigenvalue weighted by Gasteiger charge is 2.35. The number of halogens is 1. The minimum absolute atomic E-state index is 0.00380. The fraction of sp³-hybridized carbons (Fsp3) is 0.400. The van der Waals surface area contributed by atoms with E-state index >= 15 is 0 Å². The predicted molar refractivity (Wildman–Crippen MR) is 99.9 cm³/mol. The molecule has 1 saturated carbocycles. The molecule has 0 unspecified atom stereocenters. The Morgan fingerprint density at radius 2 is 1.84 bits per heavy atom. The minimum Gasteiger partial charge on any atom is -0.355 e. The number of amides is 1. The van der Waals surface area contributed by atoms with Gasteiger partial charge in [0.15, 0.2) is 0 Å². The Morgan fingerprint density at radius 1 is 1.12 bits per heavy atom. The lowest BCUT2D eigenvalue weighted by Gasteiger charge is -2.30. The van der Waals surface area contributed by atoms with Gasteiger partial charge in [-0.15, -0.1) is 0 Å². The van der Waals surface area contributed by atoms with E-state index in [1.807, 2.05) is 12.1 Å². The van der Waals surface area contributed by atoms with Crippen molar-refractivity contribution in [2.24, 2.45) is 0 Å². The number of carbonyl (C=O) groups is 1. The number of nitrogens with zero attached hydrogens (tertiary/aromatic N) is 1. The van der Waals surface area contributed by atoms with E-state index in [2.05, 4.69) is 17.4 Å². The maximum Gasteiger partial charge on any atom is 0.250 e. The third kappa shape index (κ3) is 4.31. The van der Waals surface area contributed by atoms with Crippen LogP contribution in [0.25, 0.3) is 0 Å². The van der Waals surface area contributed by atoms with Crippen molar-refractivity contribution in [2.45, 2.75) is 44.1 Å². The van der Waals surface area contributed by atoms with E-state index in [9.17, 15) is 9.59 Å². The van der Waals surface area contributed by atoms with E-state index in [1.54, 1.807) is 22.9 Å². The van der Waals surface area contributed by atoms with Crippen molar-refractivity contribution in [3.63, 3.8) is 0 Å². The van der Waals surface area contributed by atoms with Crippen LogP contribution < -0.4 is 10.9 Å². The molecule has 0 bridgehead atoms. The molecular formula is C20H23ClN2O2. The standard InChI is InChI=1S/C20H23ClN2O2/c21-17-8-6-16(7-9-17)20(11-2-3-12-20)15-22-18(24)10-14-23-13-4-1-5-19(23)25/h1,4-9,13H,2-3,10-12,14-15H2,(H,22,24). The number of carbonyl (C=O) groups excluding carboxylic acids is 1. The Hall–Kier alpha value is -2.07. The summed E-state index contributed by atoms with van der Waals surface area (Å²) < 4.78 is 1.56. The molecule has 4 nitrogen and oxygen atoms in total. The summed E-state index contributed by atoms with van der Waals surface area (Å²) >= 11 is 6.01. The van der Waals surface area contributed by atoms with Crippen molar-refractivity contribution in [1.29, 1.82) is 0 Å². The maximum atomic E-state index is 12.3. The Balaban J connectivity index is 1.60. The van der Waals surface area contributed by atoms with Gasteiger partial charge in [-0.25, -0.2) is 0 Å². The van der Waals surface area contributed by atoms with Gasteiger partial charge in [-0.3, -0.25) is 9.59 Å². The second-order valence-electron chi connectivity index (χ2n) is 6.75. The number of nitrogens with one attached hydrogen (secondary N) is 1. The number of hydrogen-bond donors (Lipinski definition) is 1. The van der Waals surface area contributed by atoms with Gasteiger partial charge in [-0.2, -0.15) is 0 Å². The molecule has 0 spiro atoms. The summed E-state index contributed by atoms with van der Waals surface area (Å²) in [6.07, 6.45) is 6.53. The summed E-state index contributed by atoms with van der Waals surface area (Å²) in [5, 5.41) is 3.81. The molecule has 0 atom stereocenters. The van der Waals surface area contributed by atoms with Gasteiger partial charge in [0, 0.05) is 42.2 Å². The molecule has 1 N–H and O–H groups in total. The first-order valence-corrected chi connectivity index (χ1v) is 9.15. The zero-order valence-electron chi connectivity index (χ0n) is 14.2. The molecule has 1 amide bonds. The zero-order valence-corrected chi connectivity index (χ0v) is 15.0. The van der Waals surface area contributed by atoms with Crippen LogP contribution in [0.2, 0.25) is 5.02 Å². The van der Waals surface area contributed by atoms with Crippen molar-refractivity contribution in [1.82, 2.24) is 9.88 Å². The van der Waals surface area contributed by atoms with Crippen LogP contribution in [-0.4, -0.2) is 17.0 Å². The van der Waals surface area contributed by atoms with Gasteiger partial charge in [0.05, 0.1) is 0 Å². The molecule has 0 radical (unpaired) electrons. The van der Waals surface area contributed by atoms with Gasteiger partial charge in [0.2, 0.25) is 5.91 Å². The number of rotatable bonds is 6. The number of hydrogen-bond acceptors (Lipinski definition) is 2. The Labute approximate surface area is 152 Å². The Bertz CT molecular complexity index is 777. The fourth-order valence-corrected chi connectivity index (χ4v) is 3.77. The maximum absolute atomic E-state index is 12.3. The van der Waals surface area contributed by atoms with Gasteiger partial charge in [-0.1, -0.05) is 42.6 Å². The van der Waals surface area contributed by atoms with Gasteiger partial charge in [0.1, 0.15) is 0 Å². The first-order chi connectivity index (χ1) is 12.1. The van der Waals surface area contributed by atoms with E-state index in [0.29, 0.717) is 19.5 Å². The van der Waals surface area contributed by atoms with Crippen molar-refractivity contribution in [3.05, 3.63) is 69.6 Å². The van der Waals surface area contributed by atoms with E-state index in [0.717, 1.165) is 17.9 Å². The van der Waals surface area contributed by atoms with Crippen LogP contribution in [0, 0.1) is 0 Å². The molecular weight excluding hydrogens is 336 g/mol. The number of benzene rings is 1. The van der Waals surface area contributed by atoms with Gasteiger partial charge in [0.25, 0.3) is 5.56 Å². The van der Waals surface area contributed by atoms with E-state index in [-0.39, 0.29) is 16.9 Å². The molecule has 1 aliphatic rings. The van der Waals surface area contributed by atoms with Crippen LogP contribution in [-0.2, 0) is 16.8 Å². The van der Waals surface area contributed by atoms with E-state index in [4.69, 9.17) is 11.6 Å². The Kier molecular flexibility index (Phi) is 5.59. The highest BCUT2D eigenvalue weighted by atomic mass is 35.5. The lowest BCUT2D eigenvalue weighted by atomic mass is 9.79. The van der Waals surface area contributed by atoms with Crippen LogP contribution in [0.4, 0.5) is 0 Å². The summed E-state index contributed by atoms with van der Waals surface area (Å²) in [5.74, 6) is -0.0176. The summed E-state index contributed by atoms with van der Waals surface area (Å²) in [4.78, 5) is 23.9. The summed E-state index contributed by atoms with van der Waals surface area (Å²) in [5.41, 5.74) is 1.17. The van der Waals surface area contributed by atoms with Crippen molar-refractivity contribution < 1.29 is 4.79 Å². The second-order valence-corrected chi connectivity index (χ2v) is 7.19. The smallest absolute Gasteiger partial charge is 0.250 e. The molecule has 132 valence electrons. The van der Waals surface area contributed by atoms with Crippen LogP contribution in [0.15, 0.2) is 53.5 Å². The van der Waals surface area contributed by atoms with Crippen LogP contribution >= 0.6 is 11.6 Å². The molecule has 1 aromatic carbocycles. The molecule has 1 fully saturated rings. The molecule has 0 saturated heterocycles. The lowest BCUT2D eigenvalue weighted by molar-refractivity contribution is -0.121. The Morgan fingerprint density at radius 3 is 2.52 bits per heavy atom. The van der Waals surface area contributed by atoms with Gasteiger partial charge in [-0.05, 0) is 36.6 Å². The summed E-state index contributed by atoms with van der Waals surface area (Å²) in [7, 11) is 0. The first kappa shape index (κ1) is 17.7. The average Bonchev–Trinajstić information content (AvgIpc) is 3.10. The largest absolute Gasteiger partial charge is 0.355 e. The molecule has 3 rings (SSSR count). The molecule has 1 heterocycles. The third-order valence-corrected chi connectivity index (χ3v) is 5.37. The third-order valence-electron chi connectivity index (χ3n) is 5.12. The number of aromatic nitrogens is 1. The minimum atomic E-state index is -0.0799. The van der Waals surface area contributed by atoms with Crippen LogP contribution in [0.5, 0.6) is 0 Å². The molecule has 1 aliphatic carbocycles. The van der Waals surface area contributed by atoms with Crippen LogP contribution in [0.1, 0.15) is 37.7 Å². The molecule has 5 heteroatoms. The molecule has 2 aromatic rings. The average molecular weight is 359 g/mol. The first-order valence-electron chi connectivity index (χ1n) is 8.77. The van der Waals surface area contributed by atoms with Crippen molar-refractivity contribution >= 4 is 17.5 Å². The fourth-order valence-electron chi connectivity index (χ4n) is 3.65. The predicted octanol–water partition coefficient (Wildman–Crippen LogP) is 3.52. The summed E-state index contributed by atoms with van der Waals surface area (Å²) in [6, 6.07) is 13.0. The van der Waals surface area contributed by atoms with Gasteiger partial charge >= 0.3 is 0 Å². The topological polar surface area (TPSA) is 51.1 Å². The lowest BCUT2D eigenvalue weighted by Crippen LogP contribution is -2.39. The monoisotopic (exact) mass is 358 g/mol. The second kappa shape index (κ2) is 7.87. The quantitative estimate of drug-likeness (QED) is 0.858. The normalized spacial score (nSPS) is 15.9. The summed E-state index contributed by atoms with van der Waals surface area (Å²) in [6.45, 7) is 1.04. The number of pyridine rings is 1.